The average Bonchev–Trinajstić information content (AvgIpc) is 2.95. The van der Waals surface area contributed by atoms with E-state index in [1.165, 1.54) is 11.1 Å². The lowest BCUT2D eigenvalue weighted by Crippen LogP contribution is -2.35. The van der Waals surface area contributed by atoms with Gasteiger partial charge in [0.05, 0.1) is 0 Å². The summed E-state index contributed by atoms with van der Waals surface area (Å²) >= 11 is 0. The van der Waals surface area contributed by atoms with Crippen LogP contribution in [0.3, 0.4) is 0 Å². The number of hydrogen-bond acceptors (Lipinski definition) is 0. The van der Waals surface area contributed by atoms with Crippen molar-refractivity contribution in [3.63, 3.8) is 0 Å². The van der Waals surface area contributed by atoms with E-state index in [2.05, 4.69) is 81.4 Å². The fourth-order valence-corrected chi connectivity index (χ4v) is 9.16. The Labute approximate surface area is 233 Å². The summed E-state index contributed by atoms with van der Waals surface area (Å²) in [5.74, 6) is 0.764. The minimum absolute atomic E-state index is 0.382. The molecule has 0 radical (unpaired) electrons. The Balaban J connectivity index is 2.09. The fourth-order valence-electron chi connectivity index (χ4n) is 9.16. The van der Waals surface area contributed by atoms with Crippen molar-refractivity contribution in [2.24, 2.45) is 0 Å². The summed E-state index contributed by atoms with van der Waals surface area (Å²) in [4.78, 5) is 0. The first-order valence-electron chi connectivity index (χ1n) is 15.9. The van der Waals surface area contributed by atoms with Crippen molar-refractivity contribution in [1.29, 1.82) is 0 Å². The highest BCUT2D eigenvalue weighted by Gasteiger charge is 2.48. The summed E-state index contributed by atoms with van der Waals surface area (Å²) in [6.07, 6.45) is 9.12. The minimum Gasteiger partial charge on any atom is -0.0613 e. The number of rotatable bonds is 8. The highest BCUT2D eigenvalue weighted by Crippen LogP contribution is 2.62. The third kappa shape index (κ3) is 3.41. The molecule has 0 aliphatic heterocycles. The Bertz CT molecular complexity index is 1230. The van der Waals surface area contributed by atoms with Crippen LogP contribution in [0.15, 0.2) is 12.1 Å². The van der Waals surface area contributed by atoms with Gasteiger partial charge in [-0.25, -0.2) is 0 Å². The van der Waals surface area contributed by atoms with Crippen molar-refractivity contribution in [2.45, 2.75) is 132 Å². The quantitative estimate of drug-likeness (QED) is 0.196. The molecule has 3 aliphatic rings. The van der Waals surface area contributed by atoms with Crippen LogP contribution < -0.4 is 0 Å². The summed E-state index contributed by atoms with van der Waals surface area (Å²) in [5.41, 5.74) is 26.6. The molecule has 0 N–H and O–H groups in total. The molecule has 0 amide bonds. The van der Waals surface area contributed by atoms with Crippen molar-refractivity contribution < 1.29 is 0 Å². The van der Waals surface area contributed by atoms with E-state index in [-0.39, 0.29) is 0 Å². The van der Waals surface area contributed by atoms with E-state index in [1.54, 1.807) is 77.9 Å². The van der Waals surface area contributed by atoms with Crippen LogP contribution in [0.2, 0.25) is 0 Å². The Morgan fingerprint density at radius 1 is 0.342 bits per heavy atom. The van der Waals surface area contributed by atoms with Gasteiger partial charge in [-0.2, -0.15) is 0 Å². The monoisotopic (exact) mass is 506 g/mol. The minimum atomic E-state index is 0.382. The van der Waals surface area contributed by atoms with E-state index in [1.807, 2.05) is 0 Å². The molecular weight excluding hydrogens is 456 g/mol. The summed E-state index contributed by atoms with van der Waals surface area (Å²) in [7, 11) is 0. The van der Waals surface area contributed by atoms with E-state index < -0.39 is 0 Å². The van der Waals surface area contributed by atoms with E-state index in [4.69, 9.17) is 0 Å². The third-order valence-corrected chi connectivity index (χ3v) is 10.4. The maximum Gasteiger partial charge on any atom is 0.0357 e. The highest BCUT2D eigenvalue weighted by atomic mass is 14.5. The second-order valence-electron chi connectivity index (χ2n) is 11.7. The van der Waals surface area contributed by atoms with Gasteiger partial charge >= 0.3 is 0 Å². The summed E-state index contributed by atoms with van der Waals surface area (Å²) in [6.45, 7) is 24.0. The number of benzene rings is 3. The Kier molecular flexibility index (Phi) is 7.40. The van der Waals surface area contributed by atoms with Crippen LogP contribution in [0.4, 0.5) is 0 Å². The average molecular weight is 507 g/mol. The molecule has 3 aromatic rings. The van der Waals surface area contributed by atoms with Crippen molar-refractivity contribution >= 4 is 0 Å². The predicted molar refractivity (Wildman–Crippen MR) is 166 cm³/mol. The third-order valence-electron chi connectivity index (χ3n) is 10.4. The molecule has 0 aromatic heterocycles. The first-order chi connectivity index (χ1) is 18.4. The van der Waals surface area contributed by atoms with Crippen LogP contribution in [-0.4, -0.2) is 0 Å². The second kappa shape index (κ2) is 10.3. The molecule has 0 unspecified atom stereocenters. The van der Waals surface area contributed by atoms with Crippen molar-refractivity contribution in [1.82, 2.24) is 0 Å². The van der Waals surface area contributed by atoms with E-state index in [0.717, 1.165) is 51.4 Å². The smallest absolute Gasteiger partial charge is 0.0357 e. The Hall–Kier alpha value is -2.34. The molecule has 0 nitrogen and oxygen atoms in total. The van der Waals surface area contributed by atoms with E-state index >= 15 is 0 Å². The largest absolute Gasteiger partial charge is 0.0613 e. The molecule has 0 saturated heterocycles. The summed E-state index contributed by atoms with van der Waals surface area (Å²) in [5, 5.41) is 0. The molecule has 0 heteroatoms. The van der Waals surface area contributed by atoms with Gasteiger partial charge in [0.2, 0.25) is 0 Å². The van der Waals surface area contributed by atoms with Gasteiger partial charge in [0, 0.05) is 11.8 Å². The normalized spacial score (nSPS) is 17.0. The van der Waals surface area contributed by atoms with Crippen LogP contribution in [0.5, 0.6) is 0 Å². The SMILES string of the molecule is CCc1c(CC)c(CC)c2c(c1CC)C1c3c(C)ccc(C)c3C2c2c(CC)c(CC)c(CC)c(CC)c21. The van der Waals surface area contributed by atoms with Gasteiger partial charge in [0.25, 0.3) is 0 Å². The molecular formula is C38H50. The maximum absolute atomic E-state index is 2.42. The second-order valence-corrected chi connectivity index (χ2v) is 11.7. The lowest BCUT2D eigenvalue weighted by molar-refractivity contribution is 0.689. The molecule has 0 spiro atoms. The van der Waals surface area contributed by atoms with Crippen LogP contribution in [0, 0.1) is 13.8 Å². The molecule has 0 atom stereocenters. The van der Waals surface area contributed by atoms with Crippen molar-refractivity contribution in [3.05, 3.63) is 101 Å². The zero-order valence-corrected chi connectivity index (χ0v) is 26.0. The van der Waals surface area contributed by atoms with E-state index in [9.17, 15) is 0 Å². The molecule has 6 rings (SSSR count). The Morgan fingerprint density at radius 2 is 0.553 bits per heavy atom. The van der Waals surface area contributed by atoms with E-state index in [0.29, 0.717) is 11.8 Å². The van der Waals surface area contributed by atoms with Crippen LogP contribution >= 0.6 is 0 Å². The van der Waals surface area contributed by atoms with Gasteiger partial charge in [-0.1, -0.05) is 67.5 Å². The molecule has 0 heterocycles. The van der Waals surface area contributed by atoms with Gasteiger partial charge in [-0.15, -0.1) is 0 Å². The molecule has 3 aliphatic carbocycles. The maximum atomic E-state index is 2.42. The highest BCUT2D eigenvalue weighted by molar-refractivity contribution is 5.78. The van der Waals surface area contributed by atoms with Crippen molar-refractivity contribution in [2.75, 3.05) is 0 Å². The summed E-state index contributed by atoms with van der Waals surface area (Å²) < 4.78 is 0. The van der Waals surface area contributed by atoms with Gasteiger partial charge in [-0.05, 0) is 154 Å². The van der Waals surface area contributed by atoms with Gasteiger partial charge in [-0.3, -0.25) is 0 Å². The van der Waals surface area contributed by atoms with Gasteiger partial charge in [0.15, 0.2) is 0 Å². The van der Waals surface area contributed by atoms with Crippen LogP contribution in [0.1, 0.15) is 156 Å². The lowest BCUT2D eigenvalue weighted by Gasteiger charge is -2.49. The molecule has 202 valence electrons. The first-order valence-corrected chi connectivity index (χ1v) is 15.9. The zero-order chi connectivity index (χ0) is 27.5. The molecule has 3 aromatic carbocycles. The van der Waals surface area contributed by atoms with Crippen LogP contribution in [-0.2, 0) is 51.4 Å². The molecule has 0 saturated carbocycles. The first kappa shape index (κ1) is 27.2. The summed E-state index contributed by atoms with van der Waals surface area (Å²) in [6, 6.07) is 4.82. The molecule has 0 fully saturated rings. The Morgan fingerprint density at radius 3 is 0.737 bits per heavy atom. The van der Waals surface area contributed by atoms with Crippen LogP contribution in [0.25, 0.3) is 0 Å². The zero-order valence-electron chi connectivity index (χ0n) is 26.0. The molecule has 38 heavy (non-hydrogen) atoms. The van der Waals surface area contributed by atoms with Gasteiger partial charge in [0.1, 0.15) is 0 Å². The van der Waals surface area contributed by atoms with Crippen molar-refractivity contribution in [3.8, 4) is 0 Å². The molecule has 2 bridgehead atoms. The number of aryl methyl sites for hydroxylation is 2. The number of hydrogen-bond donors (Lipinski definition) is 0. The standard InChI is InChI=1S/C38H50/c1-11-23-24(12-2)28(16-6)34-33(27(23)15-5)37-31-21(9)19-20-22(10)32(31)38(34)36-30(18-8)26(14-4)25(13-3)29(17-7)35(36)37/h19-20,37-38H,11-18H2,1-10H3. The van der Waals surface area contributed by atoms with Gasteiger partial charge < -0.3 is 0 Å². The topological polar surface area (TPSA) is 0 Å². The predicted octanol–water partition coefficient (Wildman–Crippen LogP) is 9.79. The fraction of sp³-hybridized carbons (Fsp3) is 0.526. The lowest BCUT2D eigenvalue weighted by atomic mass is 9.54.